The first-order valence-electron chi connectivity index (χ1n) is 9.30. The minimum atomic E-state index is -0.879. The maximum absolute atomic E-state index is 13.1. The lowest BCUT2D eigenvalue weighted by Crippen LogP contribution is -2.68. The third-order valence-corrected chi connectivity index (χ3v) is 5.30. The van der Waals surface area contributed by atoms with Gasteiger partial charge in [0.15, 0.2) is 0 Å². The van der Waals surface area contributed by atoms with Gasteiger partial charge in [0.05, 0.1) is 19.1 Å². The molecule has 3 atom stereocenters. The van der Waals surface area contributed by atoms with E-state index in [-0.39, 0.29) is 31.0 Å². The first-order valence-corrected chi connectivity index (χ1v) is 9.68. The lowest BCUT2D eigenvalue weighted by atomic mass is 9.85. The molecule has 0 aromatic heterocycles. The number of nitrogens with zero attached hydrogens (tertiary/aromatic N) is 1. The van der Waals surface area contributed by atoms with Gasteiger partial charge in [-0.1, -0.05) is 24.4 Å². The molecule has 0 spiro atoms. The summed E-state index contributed by atoms with van der Waals surface area (Å²) in [4.78, 5) is 39.2. The van der Waals surface area contributed by atoms with Gasteiger partial charge in [-0.05, 0) is 44.0 Å². The second-order valence-corrected chi connectivity index (χ2v) is 7.27. The van der Waals surface area contributed by atoms with Crippen LogP contribution in [0.5, 0.6) is 0 Å². The fraction of sp³-hybridized carbons (Fsp3) is 0.526. The number of benzene rings is 1. The van der Waals surface area contributed by atoms with E-state index in [2.05, 4.69) is 10.6 Å². The Balaban J connectivity index is 1.83. The number of urea groups is 1. The number of amides is 3. The van der Waals surface area contributed by atoms with Crippen molar-refractivity contribution < 1.29 is 19.1 Å². The topological polar surface area (TPSA) is 87.7 Å². The lowest BCUT2D eigenvalue weighted by Gasteiger charge is -2.47. The van der Waals surface area contributed by atoms with Gasteiger partial charge in [-0.3, -0.25) is 9.59 Å². The van der Waals surface area contributed by atoms with Crippen LogP contribution in [0, 0.1) is 0 Å². The summed E-state index contributed by atoms with van der Waals surface area (Å²) in [6.45, 7) is 1.94. The van der Waals surface area contributed by atoms with Crippen molar-refractivity contribution in [3.8, 4) is 0 Å². The maximum Gasteiger partial charge on any atom is 0.322 e. The highest BCUT2D eigenvalue weighted by Gasteiger charge is 2.46. The summed E-state index contributed by atoms with van der Waals surface area (Å²) < 4.78 is 5.00. The number of anilines is 1. The molecule has 2 N–H and O–H groups in total. The molecule has 146 valence electrons. The van der Waals surface area contributed by atoms with Crippen LogP contribution >= 0.6 is 11.6 Å². The third kappa shape index (κ3) is 4.53. The summed E-state index contributed by atoms with van der Waals surface area (Å²) in [5, 5.41) is 6.38. The second kappa shape index (κ2) is 8.61. The molecular weight excluding hydrogens is 370 g/mol. The Kier molecular flexibility index (Phi) is 6.21. The lowest BCUT2D eigenvalue weighted by molar-refractivity contribution is -0.148. The summed E-state index contributed by atoms with van der Waals surface area (Å²) >= 11 is 5.89. The van der Waals surface area contributed by atoms with Crippen LogP contribution < -0.4 is 10.6 Å². The highest BCUT2D eigenvalue weighted by atomic mass is 35.5. The van der Waals surface area contributed by atoms with Crippen molar-refractivity contribution in [3.63, 3.8) is 0 Å². The summed E-state index contributed by atoms with van der Waals surface area (Å²) in [5.74, 6) is -0.798. The van der Waals surface area contributed by atoms with E-state index < -0.39 is 18.0 Å². The number of piperazine rings is 1. The van der Waals surface area contributed by atoms with Crippen LogP contribution in [0.1, 0.15) is 39.0 Å². The van der Waals surface area contributed by atoms with E-state index in [1.54, 1.807) is 31.2 Å². The molecule has 1 saturated carbocycles. The van der Waals surface area contributed by atoms with Gasteiger partial charge < -0.3 is 20.3 Å². The summed E-state index contributed by atoms with van der Waals surface area (Å²) in [5.41, 5.74) is 0.581. The Hall–Kier alpha value is -2.28. The van der Waals surface area contributed by atoms with Crippen LogP contribution in [0.4, 0.5) is 10.5 Å². The quantitative estimate of drug-likeness (QED) is 0.770. The van der Waals surface area contributed by atoms with E-state index in [0.29, 0.717) is 10.7 Å². The molecule has 1 heterocycles. The fourth-order valence-corrected chi connectivity index (χ4v) is 3.96. The van der Waals surface area contributed by atoms with Gasteiger partial charge in [0, 0.05) is 16.8 Å². The Morgan fingerprint density at radius 2 is 1.96 bits per heavy atom. The van der Waals surface area contributed by atoms with Crippen molar-refractivity contribution >= 4 is 35.2 Å². The van der Waals surface area contributed by atoms with Gasteiger partial charge in [-0.15, -0.1) is 0 Å². The molecule has 1 aliphatic heterocycles. The largest absolute Gasteiger partial charge is 0.466 e. The zero-order chi connectivity index (χ0) is 19.4. The van der Waals surface area contributed by atoms with Crippen LogP contribution in [-0.2, 0) is 14.3 Å². The second-order valence-electron chi connectivity index (χ2n) is 6.84. The molecule has 1 saturated heterocycles. The Bertz CT molecular complexity index is 709. The van der Waals surface area contributed by atoms with E-state index in [1.807, 2.05) is 0 Å². The predicted molar refractivity (Wildman–Crippen MR) is 102 cm³/mol. The zero-order valence-corrected chi connectivity index (χ0v) is 16.0. The number of nitrogens with one attached hydrogen (secondary N) is 2. The highest BCUT2D eigenvalue weighted by molar-refractivity contribution is 6.30. The molecule has 0 bridgehead atoms. The van der Waals surface area contributed by atoms with E-state index >= 15 is 0 Å². The number of fused-ring (bicyclic) bond motifs is 1. The average Bonchev–Trinajstić information content (AvgIpc) is 2.64. The molecule has 1 aliphatic carbocycles. The molecule has 1 aromatic carbocycles. The number of carbonyl (C=O) groups excluding carboxylic acids is 3. The Morgan fingerprint density at radius 1 is 1.26 bits per heavy atom. The van der Waals surface area contributed by atoms with Crippen LogP contribution in [0.15, 0.2) is 24.3 Å². The van der Waals surface area contributed by atoms with Crippen LogP contribution in [0.2, 0.25) is 5.02 Å². The minimum absolute atomic E-state index is 0.0827. The van der Waals surface area contributed by atoms with E-state index in [0.717, 1.165) is 25.7 Å². The average molecular weight is 394 g/mol. The summed E-state index contributed by atoms with van der Waals surface area (Å²) in [6.07, 6.45) is 3.45. The Morgan fingerprint density at radius 3 is 2.67 bits per heavy atom. The highest BCUT2D eigenvalue weighted by Crippen LogP contribution is 2.30. The smallest absolute Gasteiger partial charge is 0.322 e. The SMILES string of the molecule is CCOC(=O)C[C@H]1C(=O)N[C@H]2CCCC[C@@H]2N1C(=O)Nc1ccc(Cl)cc1. The van der Waals surface area contributed by atoms with Crippen molar-refractivity contribution in [3.05, 3.63) is 29.3 Å². The zero-order valence-electron chi connectivity index (χ0n) is 15.2. The first-order chi connectivity index (χ1) is 13.0. The van der Waals surface area contributed by atoms with E-state index in [9.17, 15) is 14.4 Å². The molecule has 0 unspecified atom stereocenters. The molecule has 1 aromatic rings. The van der Waals surface area contributed by atoms with Crippen LogP contribution in [0.3, 0.4) is 0 Å². The molecule has 3 rings (SSSR count). The standard InChI is InChI=1S/C19H24ClN3O4/c1-2-27-17(24)11-16-18(25)22-14-5-3-4-6-15(14)23(16)19(26)21-13-9-7-12(20)8-10-13/h7-10,14-16H,2-6,11H2,1H3,(H,21,26)(H,22,25)/t14-,15-,16-/m0/s1. The summed E-state index contributed by atoms with van der Waals surface area (Å²) in [6, 6.07) is 5.27. The number of hydrogen-bond donors (Lipinski definition) is 2. The normalized spacial score (nSPS) is 24.6. The maximum atomic E-state index is 13.1. The van der Waals surface area contributed by atoms with Crippen LogP contribution in [0.25, 0.3) is 0 Å². The molecule has 8 heteroatoms. The van der Waals surface area contributed by atoms with Crippen molar-refractivity contribution in [1.29, 1.82) is 0 Å². The summed E-state index contributed by atoms with van der Waals surface area (Å²) in [7, 11) is 0. The van der Waals surface area contributed by atoms with E-state index in [4.69, 9.17) is 16.3 Å². The van der Waals surface area contributed by atoms with Gasteiger partial charge in [0.1, 0.15) is 6.04 Å². The predicted octanol–water partition coefficient (Wildman–Crippen LogP) is 2.94. The van der Waals surface area contributed by atoms with Gasteiger partial charge in [-0.2, -0.15) is 0 Å². The monoisotopic (exact) mass is 393 g/mol. The molecule has 27 heavy (non-hydrogen) atoms. The van der Waals surface area contributed by atoms with Gasteiger partial charge in [0.2, 0.25) is 5.91 Å². The van der Waals surface area contributed by atoms with Crippen molar-refractivity contribution in [2.75, 3.05) is 11.9 Å². The van der Waals surface area contributed by atoms with Gasteiger partial charge >= 0.3 is 12.0 Å². The molecule has 2 aliphatic rings. The van der Waals surface area contributed by atoms with Crippen LogP contribution in [-0.4, -0.2) is 47.5 Å². The van der Waals surface area contributed by atoms with Crippen molar-refractivity contribution in [1.82, 2.24) is 10.2 Å². The molecule has 7 nitrogen and oxygen atoms in total. The number of carbonyl (C=O) groups is 3. The number of esters is 1. The Labute approximate surface area is 163 Å². The van der Waals surface area contributed by atoms with Gasteiger partial charge in [0.25, 0.3) is 0 Å². The number of ether oxygens (including phenoxy) is 1. The third-order valence-electron chi connectivity index (χ3n) is 5.05. The van der Waals surface area contributed by atoms with Crippen molar-refractivity contribution in [2.24, 2.45) is 0 Å². The number of rotatable bonds is 4. The van der Waals surface area contributed by atoms with Gasteiger partial charge in [-0.25, -0.2) is 4.79 Å². The molecular formula is C19H24ClN3O4. The number of hydrogen-bond acceptors (Lipinski definition) is 4. The first kappa shape index (κ1) is 19.5. The number of halogens is 1. The minimum Gasteiger partial charge on any atom is -0.466 e. The fourth-order valence-electron chi connectivity index (χ4n) is 3.83. The van der Waals surface area contributed by atoms with E-state index in [1.165, 1.54) is 4.90 Å². The molecule has 3 amide bonds. The molecule has 2 fully saturated rings. The van der Waals surface area contributed by atoms with Crippen molar-refractivity contribution in [2.45, 2.75) is 57.2 Å². The molecule has 0 radical (unpaired) electrons.